The molecule has 0 saturated carbocycles. The quantitative estimate of drug-likeness (QED) is 0.800. The minimum Gasteiger partial charge on any atom is -0.459 e. The van der Waals surface area contributed by atoms with Gasteiger partial charge in [0.2, 0.25) is 0 Å². The summed E-state index contributed by atoms with van der Waals surface area (Å²) in [4.78, 5) is 26.9. The zero-order chi connectivity index (χ0) is 13.8. The molecule has 2 aromatic rings. The van der Waals surface area contributed by atoms with Crippen LogP contribution in [-0.4, -0.2) is 22.1 Å². The maximum absolute atomic E-state index is 11.6. The number of nitrogens with zero attached hydrogens (tertiary/aromatic N) is 2. The van der Waals surface area contributed by atoms with Crippen LogP contribution >= 0.6 is 15.9 Å². The summed E-state index contributed by atoms with van der Waals surface area (Å²) in [5.74, 6) is -0.154. The first-order valence-corrected chi connectivity index (χ1v) is 6.30. The molecule has 0 saturated heterocycles. The van der Waals surface area contributed by atoms with Crippen LogP contribution in [0.3, 0.4) is 0 Å². The first-order chi connectivity index (χ1) is 9.08. The van der Waals surface area contributed by atoms with Crippen molar-refractivity contribution in [2.45, 2.75) is 13.5 Å². The summed E-state index contributed by atoms with van der Waals surface area (Å²) in [6.45, 7) is 1.99. The molecule has 0 fully saturated rings. The second-order valence-corrected chi connectivity index (χ2v) is 4.69. The molecule has 2 heterocycles. The zero-order valence-corrected chi connectivity index (χ0v) is 11.7. The highest BCUT2D eigenvalue weighted by Crippen LogP contribution is 2.07. The van der Waals surface area contributed by atoms with Gasteiger partial charge in [-0.05, 0) is 28.9 Å². The van der Waals surface area contributed by atoms with Gasteiger partial charge in [0.05, 0.1) is 6.54 Å². The SMILES string of the molecule is Cc1ocnc1C(=O)OCCn1cc(Br)ccc1=O. The van der Waals surface area contributed by atoms with Gasteiger partial charge in [-0.25, -0.2) is 9.78 Å². The van der Waals surface area contributed by atoms with Crippen LogP contribution < -0.4 is 5.56 Å². The molecule has 2 aromatic heterocycles. The van der Waals surface area contributed by atoms with Crippen molar-refractivity contribution in [2.24, 2.45) is 0 Å². The number of aromatic nitrogens is 2. The zero-order valence-electron chi connectivity index (χ0n) is 10.1. The number of esters is 1. The van der Waals surface area contributed by atoms with Gasteiger partial charge in [0.15, 0.2) is 12.1 Å². The standard InChI is InChI=1S/C12H11BrN2O4/c1-8-11(14-7-19-8)12(17)18-5-4-15-6-9(13)2-3-10(15)16/h2-3,6-7H,4-5H2,1H3. The fraction of sp³-hybridized carbons (Fsp3) is 0.250. The van der Waals surface area contributed by atoms with Crippen molar-refractivity contribution in [3.05, 3.63) is 51.0 Å². The Labute approximate surface area is 117 Å². The van der Waals surface area contributed by atoms with Gasteiger partial charge in [0.25, 0.3) is 5.56 Å². The molecule has 0 unspecified atom stereocenters. The summed E-state index contributed by atoms with van der Waals surface area (Å²) in [6, 6.07) is 3.09. The molecule has 0 amide bonds. The summed E-state index contributed by atoms with van der Waals surface area (Å²) >= 11 is 3.27. The molecule has 100 valence electrons. The van der Waals surface area contributed by atoms with Gasteiger partial charge in [-0.3, -0.25) is 4.79 Å². The van der Waals surface area contributed by atoms with Gasteiger partial charge in [-0.15, -0.1) is 0 Å². The fourth-order valence-corrected chi connectivity index (χ4v) is 1.86. The number of pyridine rings is 1. The minimum atomic E-state index is -0.561. The van der Waals surface area contributed by atoms with Crippen LogP contribution in [0.5, 0.6) is 0 Å². The van der Waals surface area contributed by atoms with Gasteiger partial charge < -0.3 is 13.7 Å². The van der Waals surface area contributed by atoms with E-state index >= 15 is 0 Å². The lowest BCUT2D eigenvalue weighted by Gasteiger charge is -2.06. The van der Waals surface area contributed by atoms with Crippen LogP contribution in [0.15, 0.2) is 38.4 Å². The summed E-state index contributed by atoms with van der Waals surface area (Å²) in [5.41, 5.74) is -0.00143. The first-order valence-electron chi connectivity index (χ1n) is 5.51. The molecule has 6 nitrogen and oxygen atoms in total. The van der Waals surface area contributed by atoms with E-state index < -0.39 is 5.97 Å². The van der Waals surface area contributed by atoms with Gasteiger partial charge in [-0.2, -0.15) is 0 Å². The summed E-state index contributed by atoms with van der Waals surface area (Å²) < 4.78 is 12.2. The Hall–Kier alpha value is -1.89. The Morgan fingerprint density at radius 3 is 3.00 bits per heavy atom. The molecule has 0 N–H and O–H groups in total. The Morgan fingerprint density at radius 2 is 2.32 bits per heavy atom. The van der Waals surface area contributed by atoms with Crippen molar-refractivity contribution >= 4 is 21.9 Å². The topological polar surface area (TPSA) is 74.3 Å². The molecule has 0 aromatic carbocycles. The molecule has 0 aliphatic rings. The highest BCUT2D eigenvalue weighted by Gasteiger charge is 2.14. The molecular formula is C12H11BrN2O4. The third-order valence-electron chi connectivity index (χ3n) is 2.45. The predicted molar refractivity (Wildman–Crippen MR) is 69.9 cm³/mol. The number of halogens is 1. The normalized spacial score (nSPS) is 10.4. The van der Waals surface area contributed by atoms with E-state index in [1.807, 2.05) is 0 Å². The maximum atomic E-state index is 11.6. The third-order valence-corrected chi connectivity index (χ3v) is 2.92. The molecule has 0 aliphatic heterocycles. The van der Waals surface area contributed by atoms with Crippen molar-refractivity contribution in [3.63, 3.8) is 0 Å². The highest BCUT2D eigenvalue weighted by molar-refractivity contribution is 9.10. The minimum absolute atomic E-state index is 0.0848. The van der Waals surface area contributed by atoms with Crippen molar-refractivity contribution in [3.8, 4) is 0 Å². The summed E-state index contributed by atoms with van der Waals surface area (Å²) in [5, 5.41) is 0. The lowest BCUT2D eigenvalue weighted by atomic mass is 10.4. The Kier molecular flexibility index (Phi) is 4.16. The molecule has 2 rings (SSSR count). The number of aryl methyl sites for hydroxylation is 1. The second-order valence-electron chi connectivity index (χ2n) is 3.77. The van der Waals surface area contributed by atoms with Gasteiger partial charge in [0, 0.05) is 16.7 Å². The summed E-state index contributed by atoms with van der Waals surface area (Å²) in [7, 11) is 0. The van der Waals surface area contributed by atoms with E-state index in [0.717, 1.165) is 4.47 Å². The van der Waals surface area contributed by atoms with E-state index in [2.05, 4.69) is 20.9 Å². The highest BCUT2D eigenvalue weighted by atomic mass is 79.9. The van der Waals surface area contributed by atoms with Crippen LogP contribution in [-0.2, 0) is 11.3 Å². The molecule has 7 heteroatoms. The van der Waals surface area contributed by atoms with Crippen LogP contribution in [0.2, 0.25) is 0 Å². The number of hydrogen-bond acceptors (Lipinski definition) is 5. The Morgan fingerprint density at radius 1 is 1.53 bits per heavy atom. The molecule has 0 bridgehead atoms. The van der Waals surface area contributed by atoms with Gasteiger partial charge >= 0.3 is 5.97 Å². The molecule has 0 aliphatic carbocycles. The first kappa shape index (κ1) is 13.5. The van der Waals surface area contributed by atoms with Gasteiger partial charge in [0.1, 0.15) is 12.4 Å². The van der Waals surface area contributed by atoms with E-state index in [-0.39, 0.29) is 24.4 Å². The molecule has 0 radical (unpaired) electrons. The fourth-order valence-electron chi connectivity index (χ4n) is 1.48. The lowest BCUT2D eigenvalue weighted by molar-refractivity contribution is 0.0482. The molecular weight excluding hydrogens is 316 g/mol. The van der Waals surface area contributed by atoms with Crippen LogP contribution in [0.25, 0.3) is 0 Å². The Bertz CT molecular complexity index is 647. The van der Waals surface area contributed by atoms with E-state index in [9.17, 15) is 9.59 Å². The number of oxazole rings is 1. The average Bonchev–Trinajstić information content (AvgIpc) is 2.80. The number of rotatable bonds is 4. The molecule has 0 atom stereocenters. The van der Waals surface area contributed by atoms with Crippen LogP contribution in [0, 0.1) is 6.92 Å². The molecule has 19 heavy (non-hydrogen) atoms. The monoisotopic (exact) mass is 326 g/mol. The average molecular weight is 327 g/mol. The van der Waals surface area contributed by atoms with E-state index in [0.29, 0.717) is 5.76 Å². The van der Waals surface area contributed by atoms with E-state index in [1.165, 1.54) is 17.0 Å². The van der Waals surface area contributed by atoms with E-state index in [4.69, 9.17) is 9.15 Å². The van der Waals surface area contributed by atoms with Gasteiger partial charge in [-0.1, -0.05) is 0 Å². The predicted octanol–water partition coefficient (Wildman–Crippen LogP) is 1.76. The number of carbonyl (C=O) groups is 1. The number of ether oxygens (including phenoxy) is 1. The van der Waals surface area contributed by atoms with Crippen molar-refractivity contribution in [1.29, 1.82) is 0 Å². The largest absolute Gasteiger partial charge is 0.459 e. The van der Waals surface area contributed by atoms with Crippen molar-refractivity contribution < 1.29 is 13.9 Å². The Balaban J connectivity index is 1.94. The van der Waals surface area contributed by atoms with Crippen LogP contribution in [0.1, 0.15) is 16.2 Å². The smallest absolute Gasteiger partial charge is 0.360 e. The van der Waals surface area contributed by atoms with Crippen LogP contribution in [0.4, 0.5) is 0 Å². The van der Waals surface area contributed by atoms with Crippen molar-refractivity contribution in [1.82, 2.24) is 9.55 Å². The molecule has 0 spiro atoms. The number of carbonyl (C=O) groups excluding carboxylic acids is 1. The summed E-state index contributed by atoms with van der Waals surface area (Å²) in [6.07, 6.45) is 2.82. The maximum Gasteiger partial charge on any atom is 0.360 e. The number of hydrogen-bond donors (Lipinski definition) is 0. The van der Waals surface area contributed by atoms with Crippen molar-refractivity contribution in [2.75, 3.05) is 6.61 Å². The third kappa shape index (κ3) is 3.31. The second kappa shape index (κ2) is 5.83. The lowest BCUT2D eigenvalue weighted by Crippen LogP contribution is -2.22. The van der Waals surface area contributed by atoms with E-state index in [1.54, 1.807) is 19.2 Å².